The highest BCUT2D eigenvalue weighted by atomic mass is 16.5. The summed E-state index contributed by atoms with van der Waals surface area (Å²) in [4.78, 5) is 10.7. The van der Waals surface area contributed by atoms with Gasteiger partial charge in [0.05, 0.1) is 6.61 Å². The first-order chi connectivity index (χ1) is 10.7. The van der Waals surface area contributed by atoms with E-state index in [0.717, 1.165) is 11.6 Å². The molecule has 0 atom stereocenters. The number of benzene rings is 2. The SMILES string of the molecule is CCOc1ccc(OCc2ccccc2)c(C=CC(=O)O)c1. The van der Waals surface area contributed by atoms with Gasteiger partial charge in [-0.1, -0.05) is 30.3 Å². The second kappa shape index (κ2) is 7.88. The van der Waals surface area contributed by atoms with Crippen LogP contribution in [0.3, 0.4) is 0 Å². The molecule has 0 unspecified atom stereocenters. The minimum Gasteiger partial charge on any atom is -0.494 e. The predicted octanol–water partition coefficient (Wildman–Crippen LogP) is 3.76. The molecular weight excluding hydrogens is 280 g/mol. The van der Waals surface area contributed by atoms with E-state index in [1.807, 2.05) is 43.3 Å². The van der Waals surface area contributed by atoms with E-state index >= 15 is 0 Å². The van der Waals surface area contributed by atoms with Gasteiger partial charge < -0.3 is 14.6 Å². The fraction of sp³-hybridized carbons (Fsp3) is 0.167. The Hall–Kier alpha value is -2.75. The molecule has 0 fully saturated rings. The van der Waals surface area contributed by atoms with Crippen LogP contribution in [-0.2, 0) is 11.4 Å². The Morgan fingerprint density at radius 1 is 1.14 bits per heavy atom. The first kappa shape index (κ1) is 15.6. The zero-order valence-corrected chi connectivity index (χ0v) is 12.4. The van der Waals surface area contributed by atoms with Crippen molar-refractivity contribution < 1.29 is 19.4 Å². The largest absolute Gasteiger partial charge is 0.494 e. The molecule has 22 heavy (non-hydrogen) atoms. The van der Waals surface area contributed by atoms with Crippen molar-refractivity contribution in [2.24, 2.45) is 0 Å². The van der Waals surface area contributed by atoms with Gasteiger partial charge in [0.2, 0.25) is 0 Å². The van der Waals surface area contributed by atoms with Crippen molar-refractivity contribution in [2.45, 2.75) is 13.5 Å². The van der Waals surface area contributed by atoms with Gasteiger partial charge in [-0.15, -0.1) is 0 Å². The molecule has 0 aliphatic rings. The molecule has 0 aliphatic heterocycles. The smallest absolute Gasteiger partial charge is 0.328 e. The fourth-order valence-corrected chi connectivity index (χ4v) is 1.94. The summed E-state index contributed by atoms with van der Waals surface area (Å²) in [7, 11) is 0. The van der Waals surface area contributed by atoms with Crippen LogP contribution in [-0.4, -0.2) is 17.7 Å². The Balaban J connectivity index is 2.19. The van der Waals surface area contributed by atoms with Gasteiger partial charge in [-0.25, -0.2) is 4.79 Å². The third kappa shape index (κ3) is 4.66. The minimum atomic E-state index is -1.00. The molecule has 0 spiro atoms. The standard InChI is InChI=1S/C18H18O4/c1-2-21-16-9-10-17(15(12-16)8-11-18(19)20)22-13-14-6-4-3-5-7-14/h3-12H,2,13H2,1H3,(H,19,20). The molecule has 0 aromatic heterocycles. The molecule has 4 nitrogen and oxygen atoms in total. The van der Waals surface area contributed by atoms with Crippen LogP contribution in [0.2, 0.25) is 0 Å². The summed E-state index contributed by atoms with van der Waals surface area (Å²) in [5.74, 6) is 0.292. The van der Waals surface area contributed by atoms with Crippen LogP contribution in [0.4, 0.5) is 0 Å². The molecule has 0 aliphatic carbocycles. The Morgan fingerprint density at radius 3 is 2.59 bits per heavy atom. The highest BCUT2D eigenvalue weighted by molar-refractivity contribution is 5.86. The summed E-state index contributed by atoms with van der Waals surface area (Å²) < 4.78 is 11.2. The van der Waals surface area contributed by atoms with Crippen molar-refractivity contribution in [1.82, 2.24) is 0 Å². The lowest BCUT2D eigenvalue weighted by Gasteiger charge is -2.11. The van der Waals surface area contributed by atoms with Gasteiger partial charge in [0, 0.05) is 11.6 Å². The molecule has 2 rings (SSSR count). The first-order valence-corrected chi connectivity index (χ1v) is 7.03. The molecule has 4 heteroatoms. The lowest BCUT2D eigenvalue weighted by atomic mass is 10.1. The number of aliphatic carboxylic acids is 1. The zero-order chi connectivity index (χ0) is 15.8. The highest BCUT2D eigenvalue weighted by Gasteiger charge is 2.05. The van der Waals surface area contributed by atoms with E-state index in [4.69, 9.17) is 14.6 Å². The second-order valence-corrected chi connectivity index (χ2v) is 4.58. The summed E-state index contributed by atoms with van der Waals surface area (Å²) in [6.45, 7) is 2.86. The molecule has 0 radical (unpaired) electrons. The summed E-state index contributed by atoms with van der Waals surface area (Å²) >= 11 is 0. The van der Waals surface area contributed by atoms with Gasteiger partial charge in [0.25, 0.3) is 0 Å². The van der Waals surface area contributed by atoms with Gasteiger partial charge in [0.1, 0.15) is 18.1 Å². The maximum absolute atomic E-state index is 10.7. The lowest BCUT2D eigenvalue weighted by molar-refractivity contribution is -0.131. The molecule has 0 saturated heterocycles. The first-order valence-electron chi connectivity index (χ1n) is 7.03. The van der Waals surface area contributed by atoms with Gasteiger partial charge >= 0.3 is 5.97 Å². The third-order valence-electron chi connectivity index (χ3n) is 2.93. The quantitative estimate of drug-likeness (QED) is 0.791. The summed E-state index contributed by atoms with van der Waals surface area (Å²) in [5.41, 5.74) is 1.72. The van der Waals surface area contributed by atoms with E-state index in [1.165, 1.54) is 6.08 Å². The van der Waals surface area contributed by atoms with Gasteiger partial charge in [-0.2, -0.15) is 0 Å². The van der Waals surface area contributed by atoms with Crippen LogP contribution >= 0.6 is 0 Å². The van der Waals surface area contributed by atoms with Crippen LogP contribution in [0.1, 0.15) is 18.1 Å². The second-order valence-electron chi connectivity index (χ2n) is 4.58. The van der Waals surface area contributed by atoms with E-state index < -0.39 is 5.97 Å². The molecule has 2 aromatic carbocycles. The van der Waals surface area contributed by atoms with E-state index in [0.29, 0.717) is 30.3 Å². The van der Waals surface area contributed by atoms with Crippen molar-refractivity contribution in [2.75, 3.05) is 6.61 Å². The molecule has 0 bridgehead atoms. The molecule has 114 valence electrons. The number of carboxylic acid groups (broad SMARTS) is 1. The number of carboxylic acids is 1. The Kier molecular flexibility index (Phi) is 5.60. The molecule has 0 amide bonds. The Labute approximate surface area is 129 Å². The highest BCUT2D eigenvalue weighted by Crippen LogP contribution is 2.26. The Morgan fingerprint density at radius 2 is 1.91 bits per heavy atom. The number of carbonyl (C=O) groups is 1. The average Bonchev–Trinajstić information content (AvgIpc) is 2.53. The maximum atomic E-state index is 10.7. The number of hydrogen-bond acceptors (Lipinski definition) is 3. The summed E-state index contributed by atoms with van der Waals surface area (Å²) in [6.07, 6.45) is 2.59. The van der Waals surface area contributed by atoms with E-state index in [2.05, 4.69) is 0 Å². The average molecular weight is 298 g/mol. The van der Waals surface area contributed by atoms with Gasteiger partial charge in [0.15, 0.2) is 0 Å². The van der Waals surface area contributed by atoms with Crippen molar-refractivity contribution >= 4 is 12.0 Å². The molecule has 2 aromatic rings. The summed E-state index contributed by atoms with van der Waals surface area (Å²) in [5, 5.41) is 8.79. The van der Waals surface area contributed by atoms with Crippen molar-refractivity contribution in [3.05, 3.63) is 65.7 Å². The van der Waals surface area contributed by atoms with Crippen LogP contribution in [0.5, 0.6) is 11.5 Å². The van der Waals surface area contributed by atoms with Gasteiger partial charge in [-0.05, 0) is 36.8 Å². The molecule has 1 N–H and O–H groups in total. The fourth-order valence-electron chi connectivity index (χ4n) is 1.94. The van der Waals surface area contributed by atoms with Crippen LogP contribution < -0.4 is 9.47 Å². The van der Waals surface area contributed by atoms with Crippen LogP contribution in [0.15, 0.2) is 54.6 Å². The van der Waals surface area contributed by atoms with Crippen molar-refractivity contribution in [3.8, 4) is 11.5 Å². The third-order valence-corrected chi connectivity index (χ3v) is 2.93. The monoisotopic (exact) mass is 298 g/mol. The molecule has 0 saturated carbocycles. The lowest BCUT2D eigenvalue weighted by Crippen LogP contribution is -1.98. The van der Waals surface area contributed by atoms with Crippen molar-refractivity contribution in [1.29, 1.82) is 0 Å². The normalized spacial score (nSPS) is 10.6. The zero-order valence-electron chi connectivity index (χ0n) is 12.4. The van der Waals surface area contributed by atoms with E-state index in [-0.39, 0.29) is 0 Å². The minimum absolute atomic E-state index is 0.419. The Bertz CT molecular complexity index is 647. The van der Waals surface area contributed by atoms with E-state index in [1.54, 1.807) is 12.1 Å². The van der Waals surface area contributed by atoms with E-state index in [9.17, 15) is 4.79 Å². The number of hydrogen-bond donors (Lipinski definition) is 1. The predicted molar refractivity (Wildman–Crippen MR) is 85.1 cm³/mol. The molecule has 0 heterocycles. The topological polar surface area (TPSA) is 55.8 Å². The summed E-state index contributed by atoms with van der Waals surface area (Å²) in [6, 6.07) is 15.1. The van der Waals surface area contributed by atoms with Gasteiger partial charge in [-0.3, -0.25) is 0 Å². The molecular formula is C18H18O4. The number of ether oxygens (including phenoxy) is 2. The van der Waals surface area contributed by atoms with Crippen LogP contribution in [0, 0.1) is 0 Å². The number of rotatable bonds is 7. The maximum Gasteiger partial charge on any atom is 0.328 e. The van der Waals surface area contributed by atoms with Crippen LogP contribution in [0.25, 0.3) is 6.08 Å². The van der Waals surface area contributed by atoms with Crippen molar-refractivity contribution in [3.63, 3.8) is 0 Å².